The molecule has 10 heteroatoms. The Hall–Kier alpha value is -6.68. The summed E-state index contributed by atoms with van der Waals surface area (Å²) in [6.45, 7) is 0. The molecule has 0 saturated carbocycles. The maximum absolute atomic E-state index is 12.8. The first kappa shape index (κ1) is 31.3. The summed E-state index contributed by atoms with van der Waals surface area (Å²) in [7, 11) is 0. The van der Waals surface area contributed by atoms with Crippen molar-refractivity contribution in [1.29, 1.82) is 0 Å². The van der Waals surface area contributed by atoms with Crippen LogP contribution in [0.3, 0.4) is 0 Å². The highest BCUT2D eigenvalue weighted by Crippen LogP contribution is 2.63. The summed E-state index contributed by atoms with van der Waals surface area (Å²) in [6, 6.07) is 26.7. The van der Waals surface area contributed by atoms with Crippen LogP contribution in [0.4, 0.5) is 0 Å². The molecule has 6 aromatic carbocycles. The Balaban J connectivity index is 1.35. The first-order valence-corrected chi connectivity index (χ1v) is 16.8. The van der Waals surface area contributed by atoms with Crippen LogP contribution in [0.15, 0.2) is 103 Å². The molecular formula is C42H32O10. The fourth-order valence-electron chi connectivity index (χ4n) is 8.44. The lowest BCUT2D eigenvalue weighted by Gasteiger charge is -2.27. The standard InChI is InChI=1S/C42H32O10/c43-23-5-1-19(2-6-23)41-36(21-11-26(46)15-27(47)12-21)39-34(52-41)18-31-37(40(39)50)30(29-10-9-25(45)16-32(29)49)14-22-13-28(48)17-33-35(22)38(31)42(51-33)20-3-7-24(44)8-4-20/h1-13,15-18,30,36,38,41-50H,14H2/t30-,36+,38-,41-,42+/m0/s1. The first-order valence-electron chi connectivity index (χ1n) is 16.8. The Morgan fingerprint density at radius 1 is 0.423 bits per heavy atom. The van der Waals surface area contributed by atoms with E-state index in [2.05, 4.69) is 0 Å². The molecule has 0 spiro atoms. The molecule has 0 amide bonds. The Labute approximate surface area is 296 Å². The van der Waals surface area contributed by atoms with Gasteiger partial charge in [-0.05, 0) is 88.8 Å². The van der Waals surface area contributed by atoms with Crippen LogP contribution < -0.4 is 9.47 Å². The summed E-state index contributed by atoms with van der Waals surface area (Å²) in [6.07, 6.45) is -1.20. The van der Waals surface area contributed by atoms with Crippen molar-refractivity contribution in [3.63, 3.8) is 0 Å². The van der Waals surface area contributed by atoms with Crippen LogP contribution >= 0.6 is 0 Å². The number of aromatic hydroxyl groups is 8. The van der Waals surface area contributed by atoms with Gasteiger partial charge in [0.05, 0.1) is 11.8 Å². The van der Waals surface area contributed by atoms with Crippen LogP contribution in [0.1, 0.15) is 80.0 Å². The van der Waals surface area contributed by atoms with Crippen LogP contribution in [0, 0.1) is 0 Å². The van der Waals surface area contributed by atoms with Crippen LogP contribution in [0.25, 0.3) is 0 Å². The van der Waals surface area contributed by atoms with Crippen molar-refractivity contribution in [2.75, 3.05) is 0 Å². The molecule has 0 radical (unpaired) electrons. The highest BCUT2D eigenvalue weighted by atomic mass is 16.5. The van der Waals surface area contributed by atoms with Gasteiger partial charge in [0.2, 0.25) is 0 Å². The average Bonchev–Trinajstić information content (AvgIpc) is 3.63. The van der Waals surface area contributed by atoms with E-state index < -0.39 is 30.0 Å². The second kappa shape index (κ2) is 11.4. The molecule has 5 atom stereocenters. The van der Waals surface area contributed by atoms with Crippen LogP contribution in [0.5, 0.6) is 57.5 Å². The number of phenolic OH excluding ortho intramolecular Hbond substituents is 8. The van der Waals surface area contributed by atoms with Gasteiger partial charge in [0.15, 0.2) is 0 Å². The van der Waals surface area contributed by atoms with E-state index in [1.54, 1.807) is 54.6 Å². The lowest BCUT2D eigenvalue weighted by atomic mass is 9.77. The number of hydrogen-bond donors (Lipinski definition) is 8. The van der Waals surface area contributed by atoms with Crippen LogP contribution in [0.2, 0.25) is 0 Å². The SMILES string of the molecule is Oc1ccc([C@H]2Oc3cc(O)cc4c3[C@@H]2c2cc3c(c(O)c2[C@H](c2ccc(O)cc2O)C4)[C@@H](c2cc(O)cc(O)c2)[C@H](c2ccc(O)cc2)O3)cc1. The third-order valence-corrected chi connectivity index (χ3v) is 10.5. The number of hydrogen-bond acceptors (Lipinski definition) is 10. The quantitative estimate of drug-likeness (QED) is 0.0917. The largest absolute Gasteiger partial charge is 0.508 e. The molecule has 0 aromatic heterocycles. The molecule has 0 bridgehead atoms. The third-order valence-electron chi connectivity index (χ3n) is 10.5. The fourth-order valence-corrected chi connectivity index (χ4v) is 8.44. The van der Waals surface area contributed by atoms with E-state index in [4.69, 9.17) is 9.47 Å². The smallest absolute Gasteiger partial charge is 0.135 e. The molecule has 6 aromatic rings. The molecule has 0 fully saturated rings. The van der Waals surface area contributed by atoms with E-state index in [1.165, 1.54) is 42.5 Å². The topological polar surface area (TPSA) is 180 Å². The summed E-state index contributed by atoms with van der Waals surface area (Å²) in [5.74, 6) is -1.92. The van der Waals surface area contributed by atoms with Gasteiger partial charge in [-0.15, -0.1) is 0 Å². The van der Waals surface area contributed by atoms with Gasteiger partial charge in [0.1, 0.15) is 69.7 Å². The predicted octanol–water partition coefficient (Wildman–Crippen LogP) is 7.55. The van der Waals surface area contributed by atoms with E-state index in [0.29, 0.717) is 44.9 Å². The molecule has 0 saturated heterocycles. The molecule has 9 rings (SSSR count). The van der Waals surface area contributed by atoms with Gasteiger partial charge in [-0.2, -0.15) is 0 Å². The van der Waals surface area contributed by atoms with Crippen molar-refractivity contribution < 1.29 is 50.3 Å². The first-order chi connectivity index (χ1) is 25.0. The summed E-state index contributed by atoms with van der Waals surface area (Å²) in [5, 5.41) is 86.6. The Morgan fingerprint density at radius 2 is 0.981 bits per heavy atom. The number of ether oxygens (including phenoxy) is 2. The van der Waals surface area contributed by atoms with E-state index in [-0.39, 0.29) is 52.4 Å². The van der Waals surface area contributed by atoms with Gasteiger partial charge in [-0.3, -0.25) is 0 Å². The molecule has 10 nitrogen and oxygen atoms in total. The van der Waals surface area contributed by atoms with Crippen molar-refractivity contribution >= 4 is 0 Å². The van der Waals surface area contributed by atoms with Crippen molar-refractivity contribution in [3.05, 3.63) is 153 Å². The number of rotatable bonds is 4. The zero-order chi connectivity index (χ0) is 36.0. The number of benzene rings is 6. The Kier molecular flexibility index (Phi) is 6.88. The normalized spacial score (nSPS) is 21.0. The molecule has 3 aliphatic rings. The molecular weight excluding hydrogens is 664 g/mol. The van der Waals surface area contributed by atoms with Crippen LogP contribution in [-0.4, -0.2) is 40.9 Å². The predicted molar refractivity (Wildman–Crippen MR) is 188 cm³/mol. The maximum Gasteiger partial charge on any atom is 0.135 e. The Morgan fingerprint density at radius 3 is 1.60 bits per heavy atom. The van der Waals surface area contributed by atoms with Gasteiger partial charge >= 0.3 is 0 Å². The van der Waals surface area contributed by atoms with Crippen molar-refractivity contribution in [2.24, 2.45) is 0 Å². The zero-order valence-corrected chi connectivity index (χ0v) is 27.3. The zero-order valence-electron chi connectivity index (χ0n) is 27.3. The van der Waals surface area contributed by atoms with E-state index in [0.717, 1.165) is 16.7 Å². The monoisotopic (exact) mass is 696 g/mol. The van der Waals surface area contributed by atoms with E-state index in [9.17, 15) is 40.9 Å². The maximum atomic E-state index is 12.8. The van der Waals surface area contributed by atoms with Gasteiger partial charge in [-0.1, -0.05) is 30.3 Å². The molecule has 2 aliphatic heterocycles. The second-order valence-corrected chi connectivity index (χ2v) is 13.7. The summed E-state index contributed by atoms with van der Waals surface area (Å²) in [4.78, 5) is 0. The van der Waals surface area contributed by atoms with Crippen molar-refractivity contribution in [3.8, 4) is 57.5 Å². The van der Waals surface area contributed by atoms with Crippen molar-refractivity contribution in [1.82, 2.24) is 0 Å². The number of fused-ring (bicyclic) bond motifs is 3. The summed E-state index contributed by atoms with van der Waals surface area (Å²) < 4.78 is 13.3. The summed E-state index contributed by atoms with van der Waals surface area (Å²) >= 11 is 0. The van der Waals surface area contributed by atoms with Gasteiger partial charge in [0, 0.05) is 46.4 Å². The van der Waals surface area contributed by atoms with Gasteiger partial charge in [-0.25, -0.2) is 0 Å². The average molecular weight is 697 g/mol. The molecule has 8 N–H and O–H groups in total. The molecule has 0 unspecified atom stereocenters. The lowest BCUT2D eigenvalue weighted by Crippen LogP contribution is -2.15. The highest BCUT2D eigenvalue weighted by molar-refractivity contribution is 5.70. The summed E-state index contributed by atoms with van der Waals surface area (Å²) in [5.41, 5.74) is 5.29. The molecule has 2 heterocycles. The Bertz CT molecular complexity index is 2380. The van der Waals surface area contributed by atoms with Gasteiger partial charge in [0.25, 0.3) is 0 Å². The lowest BCUT2D eigenvalue weighted by molar-refractivity contribution is 0.218. The number of phenols is 8. The highest BCUT2D eigenvalue weighted by Gasteiger charge is 2.48. The minimum atomic E-state index is -0.762. The second-order valence-electron chi connectivity index (χ2n) is 13.7. The minimum Gasteiger partial charge on any atom is -0.508 e. The van der Waals surface area contributed by atoms with E-state index in [1.807, 2.05) is 6.07 Å². The molecule has 260 valence electrons. The molecule has 1 aliphatic carbocycles. The minimum absolute atomic E-state index is 0.0194. The van der Waals surface area contributed by atoms with Crippen LogP contribution in [-0.2, 0) is 6.42 Å². The molecule has 52 heavy (non-hydrogen) atoms. The van der Waals surface area contributed by atoms with Crippen molar-refractivity contribution in [2.45, 2.75) is 36.4 Å². The van der Waals surface area contributed by atoms with Gasteiger partial charge < -0.3 is 50.3 Å². The third kappa shape index (κ3) is 4.86. The fraction of sp³-hybridized carbons (Fsp3) is 0.143. The van der Waals surface area contributed by atoms with E-state index >= 15 is 0 Å².